The lowest BCUT2D eigenvalue weighted by molar-refractivity contribution is -0.147. The van der Waals surface area contributed by atoms with Crippen LogP contribution in [-0.4, -0.2) is 86.1 Å². The molecule has 3 aromatic carbocycles. The number of hydrogen-bond donors (Lipinski definition) is 2. The Morgan fingerprint density at radius 1 is 1.08 bits per heavy atom. The van der Waals surface area contributed by atoms with Gasteiger partial charge in [-0.2, -0.15) is 5.26 Å². The summed E-state index contributed by atoms with van der Waals surface area (Å²) in [6, 6.07) is 18.2. The molecule has 268 valence electrons. The summed E-state index contributed by atoms with van der Waals surface area (Å²) in [4.78, 5) is 41.5. The third-order valence-corrected chi connectivity index (χ3v) is 11.9. The number of thiazole rings is 1. The van der Waals surface area contributed by atoms with E-state index in [2.05, 4.69) is 43.0 Å². The van der Waals surface area contributed by atoms with Gasteiger partial charge in [-0.15, -0.1) is 11.3 Å². The Bertz CT molecular complexity index is 2230. The van der Waals surface area contributed by atoms with Gasteiger partial charge in [-0.1, -0.05) is 30.3 Å². The van der Waals surface area contributed by atoms with E-state index in [4.69, 9.17) is 14.4 Å². The highest BCUT2D eigenvalue weighted by molar-refractivity contribution is 7.15. The van der Waals surface area contributed by atoms with Gasteiger partial charge in [-0.25, -0.2) is 9.97 Å². The van der Waals surface area contributed by atoms with Crippen molar-refractivity contribution in [3.63, 3.8) is 0 Å². The van der Waals surface area contributed by atoms with Crippen molar-refractivity contribution in [2.45, 2.75) is 59.8 Å². The number of fused-ring (bicyclic) bond motifs is 2. The van der Waals surface area contributed by atoms with Crippen molar-refractivity contribution in [3.8, 4) is 39.2 Å². The van der Waals surface area contributed by atoms with Crippen LogP contribution in [0.3, 0.4) is 0 Å². The van der Waals surface area contributed by atoms with E-state index < -0.39 is 11.4 Å². The summed E-state index contributed by atoms with van der Waals surface area (Å²) in [7, 11) is 1.85. The van der Waals surface area contributed by atoms with E-state index >= 15 is 0 Å². The fraction of sp³-hybridized carbons (Fsp3) is 0.375. The number of aromatic nitrogens is 2. The van der Waals surface area contributed by atoms with E-state index in [0.717, 1.165) is 54.5 Å². The number of nitrogens with zero attached hydrogens (tertiary/aromatic N) is 6. The van der Waals surface area contributed by atoms with Crippen molar-refractivity contribution < 1.29 is 24.2 Å². The standard InChI is InChI=1S/C40H42N6O5S/c1-23(21-47)44(5)20-35(48)46-18-33-34(19-46)52-38(43-33)31-11-7-9-29(25(31)3)28-8-6-10-30(24(28)2)37-42-32-15-26(14-27(16-41)36(32)51-37)17-45-13-12-40(4,22-45)39(49)50/h6-11,14-15,23,47H,12-13,17-22H2,1-5H3,(H,49,50)/t23-,40+/m0/s1. The Hall–Kier alpha value is -4.93. The number of carbonyl (C=O) groups is 2. The number of nitriles is 1. The number of aliphatic hydroxyl groups excluding tert-OH is 1. The van der Waals surface area contributed by atoms with Crippen molar-refractivity contribution >= 4 is 34.3 Å². The zero-order chi connectivity index (χ0) is 36.9. The largest absolute Gasteiger partial charge is 0.481 e. The van der Waals surface area contributed by atoms with Gasteiger partial charge in [0.1, 0.15) is 16.6 Å². The van der Waals surface area contributed by atoms with Gasteiger partial charge in [0, 0.05) is 35.1 Å². The van der Waals surface area contributed by atoms with Crippen LogP contribution in [0.25, 0.3) is 44.3 Å². The Morgan fingerprint density at radius 2 is 1.77 bits per heavy atom. The van der Waals surface area contributed by atoms with Crippen molar-refractivity contribution in [2.24, 2.45) is 5.41 Å². The number of carbonyl (C=O) groups excluding carboxylic acids is 1. The zero-order valence-electron chi connectivity index (χ0n) is 30.1. The molecule has 1 saturated heterocycles. The number of carboxylic acids is 1. The number of aliphatic hydroxyl groups is 1. The summed E-state index contributed by atoms with van der Waals surface area (Å²) < 4.78 is 6.28. The molecular formula is C40H42N6O5S. The maximum Gasteiger partial charge on any atom is 0.310 e. The predicted molar refractivity (Wildman–Crippen MR) is 199 cm³/mol. The average Bonchev–Trinajstić information content (AvgIpc) is 3.91. The van der Waals surface area contributed by atoms with E-state index in [1.807, 2.05) is 54.1 Å². The Morgan fingerprint density at radius 3 is 2.42 bits per heavy atom. The number of benzene rings is 3. The van der Waals surface area contributed by atoms with Gasteiger partial charge < -0.3 is 19.5 Å². The van der Waals surface area contributed by atoms with E-state index in [1.54, 1.807) is 18.3 Å². The number of carboxylic acid groups (broad SMARTS) is 1. The molecule has 2 N–H and O–H groups in total. The van der Waals surface area contributed by atoms with Crippen LogP contribution in [-0.2, 0) is 29.2 Å². The van der Waals surface area contributed by atoms with Crippen molar-refractivity contribution in [1.82, 2.24) is 24.7 Å². The van der Waals surface area contributed by atoms with Gasteiger partial charge in [-0.3, -0.25) is 19.4 Å². The zero-order valence-corrected chi connectivity index (χ0v) is 30.9. The molecule has 4 heterocycles. The van der Waals surface area contributed by atoms with Crippen LogP contribution < -0.4 is 0 Å². The number of aliphatic carboxylic acids is 1. The first-order valence-electron chi connectivity index (χ1n) is 17.5. The molecule has 1 fully saturated rings. The van der Waals surface area contributed by atoms with E-state index in [9.17, 15) is 25.1 Å². The second-order valence-electron chi connectivity index (χ2n) is 14.5. The van der Waals surface area contributed by atoms with Crippen LogP contribution in [0.5, 0.6) is 0 Å². The molecular weight excluding hydrogens is 677 g/mol. The molecule has 0 spiro atoms. The summed E-state index contributed by atoms with van der Waals surface area (Å²) in [5.41, 5.74) is 8.56. The van der Waals surface area contributed by atoms with Crippen LogP contribution >= 0.6 is 11.3 Å². The van der Waals surface area contributed by atoms with Gasteiger partial charge in [-0.05, 0) is 93.7 Å². The molecule has 11 nitrogen and oxygen atoms in total. The first kappa shape index (κ1) is 35.5. The minimum atomic E-state index is -0.786. The second kappa shape index (κ2) is 13.9. The summed E-state index contributed by atoms with van der Waals surface area (Å²) in [5.74, 6) is -0.325. The van der Waals surface area contributed by atoms with E-state index in [1.165, 1.54) is 0 Å². The first-order chi connectivity index (χ1) is 24.9. The number of oxazole rings is 1. The topological polar surface area (TPSA) is 147 Å². The highest BCUT2D eigenvalue weighted by Gasteiger charge is 2.40. The minimum Gasteiger partial charge on any atom is -0.481 e. The molecule has 5 aromatic rings. The summed E-state index contributed by atoms with van der Waals surface area (Å²) in [6.07, 6.45) is 0.583. The summed E-state index contributed by atoms with van der Waals surface area (Å²) in [6.45, 7) is 10.8. The minimum absolute atomic E-state index is 0.00361. The maximum absolute atomic E-state index is 13.0. The van der Waals surface area contributed by atoms with Crippen LogP contribution in [0.2, 0.25) is 0 Å². The lowest BCUT2D eigenvalue weighted by Gasteiger charge is -2.25. The molecule has 1 amide bonds. The van der Waals surface area contributed by atoms with Crippen molar-refractivity contribution in [3.05, 3.63) is 81.4 Å². The average molecular weight is 719 g/mol. The van der Waals surface area contributed by atoms with Crippen LogP contribution in [0.1, 0.15) is 53.1 Å². The Balaban J connectivity index is 1.13. The molecule has 0 saturated carbocycles. The fourth-order valence-corrected chi connectivity index (χ4v) is 8.43. The number of amides is 1. The van der Waals surface area contributed by atoms with E-state index in [0.29, 0.717) is 61.7 Å². The second-order valence-corrected chi connectivity index (χ2v) is 15.6. The maximum atomic E-state index is 13.0. The molecule has 7 rings (SSSR count). The van der Waals surface area contributed by atoms with E-state index in [-0.39, 0.29) is 25.1 Å². The van der Waals surface area contributed by atoms with Crippen molar-refractivity contribution in [1.29, 1.82) is 5.26 Å². The molecule has 0 aliphatic carbocycles. The smallest absolute Gasteiger partial charge is 0.310 e. The Labute approximate surface area is 306 Å². The molecule has 2 aliphatic rings. The molecule has 0 bridgehead atoms. The van der Waals surface area contributed by atoms with Gasteiger partial charge in [0.2, 0.25) is 11.8 Å². The number of likely N-dealkylation sites (N-methyl/N-ethyl adjacent to an activating group) is 1. The summed E-state index contributed by atoms with van der Waals surface area (Å²) >= 11 is 1.63. The highest BCUT2D eigenvalue weighted by atomic mass is 32.1. The molecule has 2 atom stereocenters. The molecule has 0 radical (unpaired) electrons. The molecule has 2 aromatic heterocycles. The van der Waals surface area contributed by atoms with Gasteiger partial charge >= 0.3 is 5.97 Å². The molecule has 2 aliphatic heterocycles. The quantitative estimate of drug-likeness (QED) is 0.171. The van der Waals surface area contributed by atoms with Crippen molar-refractivity contribution in [2.75, 3.05) is 33.3 Å². The SMILES string of the molecule is Cc1c(-c2nc3cc(CN4CC[C@@](C)(C(=O)O)C4)cc(C#N)c3o2)cccc1-c1cccc(-c2nc3c(s2)CN(C(=O)CN(C)[C@@H](C)CO)C3)c1C. The molecule has 52 heavy (non-hydrogen) atoms. The monoisotopic (exact) mass is 718 g/mol. The third kappa shape index (κ3) is 6.50. The van der Waals surface area contributed by atoms with Crippen LogP contribution in [0, 0.1) is 30.6 Å². The summed E-state index contributed by atoms with van der Waals surface area (Å²) in [5, 5.41) is 30.0. The lowest BCUT2D eigenvalue weighted by Crippen LogP contribution is -2.41. The highest BCUT2D eigenvalue weighted by Crippen LogP contribution is 2.40. The predicted octanol–water partition coefficient (Wildman–Crippen LogP) is 6.23. The first-order valence-corrected chi connectivity index (χ1v) is 18.3. The molecule has 12 heteroatoms. The number of rotatable bonds is 10. The van der Waals surface area contributed by atoms with Gasteiger partial charge in [0.25, 0.3) is 0 Å². The lowest BCUT2D eigenvalue weighted by atomic mass is 9.90. The van der Waals surface area contributed by atoms with Gasteiger partial charge in [0.15, 0.2) is 5.58 Å². The Kier molecular flexibility index (Phi) is 9.48. The van der Waals surface area contributed by atoms with Crippen LogP contribution in [0.4, 0.5) is 0 Å². The molecule has 0 unspecified atom stereocenters. The third-order valence-electron chi connectivity index (χ3n) is 10.8. The van der Waals surface area contributed by atoms with Crippen LogP contribution in [0.15, 0.2) is 52.9 Å². The normalized spacial score (nSPS) is 17.9. The fourth-order valence-electron chi connectivity index (χ4n) is 7.26. The number of hydrogen-bond acceptors (Lipinski definition) is 10. The number of likely N-dealkylation sites (tertiary alicyclic amines) is 1. The van der Waals surface area contributed by atoms with Gasteiger partial charge in [0.05, 0.1) is 42.9 Å².